The zero-order valence-corrected chi connectivity index (χ0v) is 21.9. The standard InChI is InChI=1S/C22H25F4N9O3S/c1-12-30-19(33-21(27)31-12)15-8-13(10-28-18(15)32-14-9-16(23)20(38-2)29-11-14)17(22(24,25)26)34-4-6-35(7-5-34)39(3,36)37/h8-11,17H,4-7H2,1-3H3,(H,28,32)(H2,27,30,31,33)/t17-/m0/s1. The van der Waals surface area contributed by atoms with Crippen molar-refractivity contribution in [2.24, 2.45) is 0 Å². The van der Waals surface area contributed by atoms with Gasteiger partial charge in [0.05, 0.1) is 30.8 Å². The Bertz CT molecular complexity index is 1450. The minimum absolute atomic E-state index is 0.0120. The molecule has 12 nitrogen and oxygen atoms in total. The lowest BCUT2D eigenvalue weighted by Gasteiger charge is -2.39. The maximum atomic E-state index is 14.4. The quantitative estimate of drug-likeness (QED) is 0.402. The monoisotopic (exact) mass is 571 g/mol. The number of ether oxygens (including phenoxy) is 1. The maximum Gasteiger partial charge on any atom is 0.408 e. The van der Waals surface area contributed by atoms with Gasteiger partial charge in [-0.15, -0.1) is 0 Å². The molecule has 0 saturated carbocycles. The first-order valence-corrected chi connectivity index (χ1v) is 13.3. The van der Waals surface area contributed by atoms with Crippen molar-refractivity contribution >= 4 is 27.5 Å². The van der Waals surface area contributed by atoms with Crippen molar-refractivity contribution in [1.29, 1.82) is 0 Å². The summed E-state index contributed by atoms with van der Waals surface area (Å²) in [5.74, 6) is -0.995. The second kappa shape index (κ2) is 10.8. The molecule has 0 aromatic carbocycles. The minimum Gasteiger partial charge on any atom is -0.479 e. The number of anilines is 3. The number of aromatic nitrogens is 5. The van der Waals surface area contributed by atoms with Crippen LogP contribution in [0.3, 0.4) is 0 Å². The van der Waals surface area contributed by atoms with E-state index in [4.69, 9.17) is 10.5 Å². The van der Waals surface area contributed by atoms with Crippen LogP contribution in [0, 0.1) is 12.7 Å². The first-order valence-electron chi connectivity index (χ1n) is 11.5. The number of nitrogens with one attached hydrogen (secondary N) is 1. The summed E-state index contributed by atoms with van der Waals surface area (Å²) < 4.78 is 87.1. The lowest BCUT2D eigenvalue weighted by atomic mass is 10.0. The predicted octanol–water partition coefficient (Wildman–Crippen LogP) is 2.29. The van der Waals surface area contributed by atoms with Crippen molar-refractivity contribution in [3.05, 3.63) is 41.7 Å². The number of halogens is 4. The molecule has 0 bridgehead atoms. The molecule has 3 aromatic heterocycles. The lowest BCUT2D eigenvalue weighted by molar-refractivity contribution is -0.189. The summed E-state index contributed by atoms with van der Waals surface area (Å²) in [6.07, 6.45) is -1.41. The third kappa shape index (κ3) is 6.48. The second-order valence-electron chi connectivity index (χ2n) is 8.71. The molecule has 0 aliphatic carbocycles. The van der Waals surface area contributed by atoms with Crippen molar-refractivity contribution in [1.82, 2.24) is 34.1 Å². The summed E-state index contributed by atoms with van der Waals surface area (Å²) >= 11 is 0. The molecule has 0 spiro atoms. The molecular formula is C22H25F4N9O3S. The predicted molar refractivity (Wildman–Crippen MR) is 133 cm³/mol. The van der Waals surface area contributed by atoms with Crippen LogP contribution < -0.4 is 15.8 Å². The van der Waals surface area contributed by atoms with E-state index in [0.717, 1.165) is 27.7 Å². The van der Waals surface area contributed by atoms with Crippen LogP contribution in [0.15, 0.2) is 24.5 Å². The molecule has 3 aromatic rings. The first-order chi connectivity index (χ1) is 18.3. The van der Waals surface area contributed by atoms with Gasteiger partial charge in [0.2, 0.25) is 21.9 Å². The number of nitrogen functional groups attached to an aromatic ring is 1. The molecule has 0 amide bonds. The second-order valence-corrected chi connectivity index (χ2v) is 10.7. The summed E-state index contributed by atoms with van der Waals surface area (Å²) in [6.45, 7) is 1.05. The lowest BCUT2D eigenvalue weighted by Crippen LogP contribution is -2.52. The van der Waals surface area contributed by atoms with Gasteiger partial charge < -0.3 is 15.8 Å². The number of hydrogen-bond donors (Lipinski definition) is 2. The van der Waals surface area contributed by atoms with Crippen LogP contribution >= 0.6 is 0 Å². The van der Waals surface area contributed by atoms with E-state index in [2.05, 4.69) is 30.2 Å². The fraction of sp³-hybridized carbons (Fsp3) is 0.409. The topological polar surface area (TPSA) is 152 Å². The average molecular weight is 572 g/mol. The van der Waals surface area contributed by atoms with E-state index in [1.54, 1.807) is 0 Å². The smallest absolute Gasteiger partial charge is 0.408 e. The van der Waals surface area contributed by atoms with E-state index < -0.39 is 28.1 Å². The van der Waals surface area contributed by atoms with Crippen LogP contribution in [0.5, 0.6) is 5.88 Å². The molecule has 1 aliphatic rings. The first kappa shape index (κ1) is 28.3. The van der Waals surface area contributed by atoms with Gasteiger partial charge >= 0.3 is 6.18 Å². The number of nitrogens with two attached hydrogens (primary N) is 1. The van der Waals surface area contributed by atoms with Gasteiger partial charge in [-0.3, -0.25) is 4.90 Å². The number of aryl methyl sites for hydroxylation is 1. The van der Waals surface area contributed by atoms with E-state index in [9.17, 15) is 26.0 Å². The third-order valence-corrected chi connectivity index (χ3v) is 7.21. The summed E-state index contributed by atoms with van der Waals surface area (Å²) in [5, 5.41) is 2.83. The molecule has 4 heterocycles. The molecule has 210 valence electrons. The van der Waals surface area contributed by atoms with E-state index in [-0.39, 0.29) is 72.3 Å². The van der Waals surface area contributed by atoms with Crippen molar-refractivity contribution in [3.63, 3.8) is 0 Å². The fourth-order valence-corrected chi connectivity index (χ4v) is 5.03. The van der Waals surface area contributed by atoms with E-state index in [1.807, 2.05) is 0 Å². The summed E-state index contributed by atoms with van der Waals surface area (Å²) in [4.78, 5) is 21.3. The van der Waals surface area contributed by atoms with E-state index in [0.29, 0.717) is 0 Å². The largest absolute Gasteiger partial charge is 0.479 e. The Kier molecular flexibility index (Phi) is 7.85. The Balaban J connectivity index is 1.77. The highest BCUT2D eigenvalue weighted by Gasteiger charge is 2.46. The molecule has 1 fully saturated rings. The highest BCUT2D eigenvalue weighted by Crippen LogP contribution is 2.40. The maximum absolute atomic E-state index is 14.4. The molecule has 1 aliphatic heterocycles. The summed E-state index contributed by atoms with van der Waals surface area (Å²) in [5.41, 5.74) is 5.72. The highest BCUT2D eigenvalue weighted by molar-refractivity contribution is 7.88. The fourth-order valence-electron chi connectivity index (χ4n) is 4.20. The van der Waals surface area contributed by atoms with Gasteiger partial charge in [0.25, 0.3) is 0 Å². The number of pyridine rings is 2. The van der Waals surface area contributed by atoms with Crippen molar-refractivity contribution in [2.75, 3.05) is 50.6 Å². The molecule has 1 saturated heterocycles. The molecular weight excluding hydrogens is 546 g/mol. The molecule has 0 unspecified atom stereocenters. The van der Waals surface area contributed by atoms with Gasteiger partial charge in [-0.1, -0.05) is 0 Å². The number of sulfonamides is 1. The summed E-state index contributed by atoms with van der Waals surface area (Å²) in [7, 11) is -2.29. The van der Waals surface area contributed by atoms with Crippen LogP contribution in [-0.4, -0.2) is 88.3 Å². The Morgan fingerprint density at radius 2 is 1.77 bits per heavy atom. The van der Waals surface area contributed by atoms with E-state index in [1.165, 1.54) is 26.3 Å². The van der Waals surface area contributed by atoms with Crippen LogP contribution in [0.1, 0.15) is 17.4 Å². The Hall–Kier alpha value is -3.70. The zero-order chi connectivity index (χ0) is 28.5. The Labute approximate surface area is 221 Å². The zero-order valence-electron chi connectivity index (χ0n) is 21.1. The number of nitrogens with zero attached hydrogens (tertiary/aromatic N) is 7. The Morgan fingerprint density at radius 1 is 1.08 bits per heavy atom. The van der Waals surface area contributed by atoms with Crippen LogP contribution in [0.2, 0.25) is 0 Å². The molecule has 4 rings (SSSR count). The van der Waals surface area contributed by atoms with Crippen LogP contribution in [0.4, 0.5) is 35.0 Å². The SMILES string of the molecule is COc1ncc(Nc2ncc([C@H](N3CCN(S(C)(=O)=O)CC3)C(F)(F)F)cc2-c2nc(C)nc(N)n2)cc1F. The summed E-state index contributed by atoms with van der Waals surface area (Å²) in [6, 6.07) is 0.204. The van der Waals surface area contributed by atoms with Gasteiger partial charge in [-0.2, -0.15) is 27.4 Å². The van der Waals surface area contributed by atoms with Gasteiger partial charge in [0.1, 0.15) is 17.7 Å². The number of rotatable bonds is 7. The molecule has 3 N–H and O–H groups in total. The molecule has 0 radical (unpaired) electrons. The van der Waals surface area contributed by atoms with Crippen LogP contribution in [-0.2, 0) is 10.0 Å². The highest BCUT2D eigenvalue weighted by atomic mass is 32.2. The number of hydrogen-bond acceptors (Lipinski definition) is 11. The van der Waals surface area contributed by atoms with Gasteiger partial charge in [0.15, 0.2) is 11.6 Å². The van der Waals surface area contributed by atoms with Gasteiger partial charge in [0, 0.05) is 38.4 Å². The Morgan fingerprint density at radius 3 is 2.33 bits per heavy atom. The van der Waals surface area contributed by atoms with Crippen molar-refractivity contribution in [3.8, 4) is 17.3 Å². The normalized spacial score (nSPS) is 16.2. The molecule has 39 heavy (non-hydrogen) atoms. The van der Waals surface area contributed by atoms with Crippen LogP contribution in [0.25, 0.3) is 11.4 Å². The number of alkyl halides is 3. The average Bonchev–Trinajstić information content (AvgIpc) is 2.83. The van der Waals surface area contributed by atoms with Crippen molar-refractivity contribution in [2.45, 2.75) is 19.1 Å². The van der Waals surface area contributed by atoms with Gasteiger partial charge in [-0.25, -0.2) is 27.8 Å². The molecule has 1 atom stereocenters. The number of methoxy groups -OCH3 is 1. The third-order valence-electron chi connectivity index (χ3n) is 5.91. The molecule has 17 heteroatoms. The van der Waals surface area contributed by atoms with E-state index >= 15 is 0 Å². The van der Waals surface area contributed by atoms with Gasteiger partial charge in [-0.05, 0) is 18.6 Å². The number of piperazine rings is 1. The minimum atomic E-state index is -4.72. The van der Waals surface area contributed by atoms with Crippen molar-refractivity contribution < 1.29 is 30.7 Å².